The van der Waals surface area contributed by atoms with Gasteiger partial charge >= 0.3 is 0 Å². The van der Waals surface area contributed by atoms with Crippen molar-refractivity contribution in [3.05, 3.63) is 115 Å². The number of benzene rings is 4. The third-order valence-electron chi connectivity index (χ3n) is 5.71. The summed E-state index contributed by atoms with van der Waals surface area (Å²) in [7, 11) is 0. The molecule has 0 aliphatic carbocycles. The maximum atomic E-state index is 13.3. The van der Waals surface area contributed by atoms with Crippen LogP contribution < -0.4 is 5.32 Å². The Labute approximate surface area is 200 Å². The average molecular weight is 458 g/mol. The predicted molar refractivity (Wildman–Crippen MR) is 140 cm³/mol. The van der Waals surface area contributed by atoms with E-state index in [4.69, 9.17) is 9.97 Å². The van der Waals surface area contributed by atoms with Crippen LogP contribution in [0.3, 0.4) is 0 Å². The molecule has 0 aliphatic rings. The summed E-state index contributed by atoms with van der Waals surface area (Å²) in [6, 6.07) is 35.4. The van der Waals surface area contributed by atoms with Gasteiger partial charge < -0.3 is 5.32 Å². The van der Waals surface area contributed by atoms with Gasteiger partial charge in [0.05, 0.1) is 27.0 Å². The molecule has 0 aliphatic heterocycles. The van der Waals surface area contributed by atoms with Crippen molar-refractivity contribution < 1.29 is 4.79 Å². The Kier molecular flexibility index (Phi) is 5.09. The number of thiazole rings is 1. The van der Waals surface area contributed by atoms with E-state index in [9.17, 15) is 4.79 Å². The number of nitrogens with zero attached hydrogens (tertiary/aromatic N) is 2. The van der Waals surface area contributed by atoms with E-state index in [2.05, 4.69) is 11.4 Å². The average Bonchev–Trinajstić information content (AvgIpc) is 3.33. The smallest absolute Gasteiger partial charge is 0.256 e. The van der Waals surface area contributed by atoms with E-state index in [1.54, 1.807) is 11.3 Å². The first-order chi connectivity index (χ1) is 16.7. The zero-order valence-corrected chi connectivity index (χ0v) is 18.9. The molecule has 1 amide bonds. The summed E-state index contributed by atoms with van der Waals surface area (Å²) in [5.41, 5.74) is 5.90. The summed E-state index contributed by atoms with van der Waals surface area (Å²) in [4.78, 5) is 22.8. The Balaban J connectivity index is 1.31. The van der Waals surface area contributed by atoms with Crippen LogP contribution in [0.25, 0.3) is 42.9 Å². The molecule has 2 aromatic heterocycles. The molecule has 0 saturated carbocycles. The van der Waals surface area contributed by atoms with Gasteiger partial charge in [0, 0.05) is 22.2 Å². The van der Waals surface area contributed by atoms with E-state index in [1.165, 1.54) is 0 Å². The number of anilines is 1. The van der Waals surface area contributed by atoms with Crippen molar-refractivity contribution in [2.24, 2.45) is 0 Å². The second-order valence-electron chi connectivity index (χ2n) is 7.96. The molecule has 4 nitrogen and oxygen atoms in total. The predicted octanol–water partition coefficient (Wildman–Crippen LogP) is 7.43. The van der Waals surface area contributed by atoms with Crippen LogP contribution in [-0.4, -0.2) is 15.9 Å². The monoisotopic (exact) mass is 457 g/mol. The number of nitrogens with one attached hydrogen (secondary N) is 1. The molecule has 0 saturated heterocycles. The van der Waals surface area contributed by atoms with Gasteiger partial charge in [-0.1, -0.05) is 60.7 Å². The van der Waals surface area contributed by atoms with Gasteiger partial charge in [-0.3, -0.25) is 4.79 Å². The van der Waals surface area contributed by atoms with Gasteiger partial charge in [0.15, 0.2) is 0 Å². The lowest BCUT2D eigenvalue weighted by Crippen LogP contribution is -2.13. The van der Waals surface area contributed by atoms with Gasteiger partial charge in [-0.2, -0.15) is 0 Å². The van der Waals surface area contributed by atoms with E-state index >= 15 is 0 Å². The van der Waals surface area contributed by atoms with Gasteiger partial charge in [-0.15, -0.1) is 11.3 Å². The van der Waals surface area contributed by atoms with E-state index in [1.807, 2.05) is 103 Å². The quantitative estimate of drug-likeness (QED) is 0.299. The van der Waals surface area contributed by atoms with E-state index in [-0.39, 0.29) is 5.91 Å². The minimum absolute atomic E-state index is 0.163. The minimum Gasteiger partial charge on any atom is -0.322 e. The Morgan fingerprint density at radius 1 is 0.676 bits per heavy atom. The zero-order chi connectivity index (χ0) is 22.9. The van der Waals surface area contributed by atoms with Crippen LogP contribution in [0.1, 0.15) is 10.4 Å². The van der Waals surface area contributed by atoms with Crippen LogP contribution in [0.4, 0.5) is 5.69 Å². The van der Waals surface area contributed by atoms with Crippen LogP contribution in [0, 0.1) is 0 Å². The molecule has 6 aromatic rings. The first kappa shape index (κ1) is 20.3. The normalized spacial score (nSPS) is 11.1. The maximum absolute atomic E-state index is 13.3. The first-order valence-corrected chi connectivity index (χ1v) is 11.8. The molecule has 1 N–H and O–H groups in total. The summed E-state index contributed by atoms with van der Waals surface area (Å²) >= 11 is 1.66. The van der Waals surface area contributed by atoms with Crippen molar-refractivity contribution in [3.63, 3.8) is 0 Å². The Morgan fingerprint density at radius 3 is 2.18 bits per heavy atom. The van der Waals surface area contributed by atoms with Gasteiger partial charge in [0.2, 0.25) is 0 Å². The largest absolute Gasteiger partial charge is 0.322 e. The number of hydrogen-bond donors (Lipinski definition) is 1. The molecular weight excluding hydrogens is 438 g/mol. The maximum Gasteiger partial charge on any atom is 0.256 e. The molecule has 2 heterocycles. The summed E-state index contributed by atoms with van der Waals surface area (Å²) < 4.78 is 1.16. The summed E-state index contributed by atoms with van der Waals surface area (Å²) in [6.07, 6.45) is 0. The molecule has 0 bridgehead atoms. The van der Waals surface area contributed by atoms with Gasteiger partial charge in [-0.25, -0.2) is 9.97 Å². The number of pyridine rings is 1. The standard InChI is InChI=1S/C29H19N3OS/c33-28(23-18-26(19-8-2-1-3-9-19)31-24-11-5-4-10-22(23)24)30-21-16-14-20(15-17-21)29-32-25-12-6-7-13-27(25)34-29/h1-18H,(H,30,33). The highest BCUT2D eigenvalue weighted by Crippen LogP contribution is 2.31. The lowest BCUT2D eigenvalue weighted by molar-refractivity contribution is 0.102. The second-order valence-corrected chi connectivity index (χ2v) is 8.99. The topological polar surface area (TPSA) is 54.9 Å². The number of rotatable bonds is 4. The van der Waals surface area contributed by atoms with E-state index in [0.29, 0.717) is 5.56 Å². The van der Waals surface area contributed by atoms with E-state index < -0.39 is 0 Å². The summed E-state index contributed by atoms with van der Waals surface area (Å²) in [5, 5.41) is 4.84. The van der Waals surface area contributed by atoms with Crippen LogP contribution in [0.5, 0.6) is 0 Å². The Morgan fingerprint density at radius 2 is 1.38 bits per heavy atom. The molecule has 0 atom stereocenters. The van der Waals surface area contributed by atoms with Crippen molar-refractivity contribution in [2.75, 3.05) is 5.32 Å². The molecule has 0 spiro atoms. The minimum atomic E-state index is -0.163. The van der Waals surface area contributed by atoms with Crippen LogP contribution in [-0.2, 0) is 0 Å². The molecule has 5 heteroatoms. The fraction of sp³-hybridized carbons (Fsp3) is 0. The van der Waals surface area contributed by atoms with Gasteiger partial charge in [-0.05, 0) is 48.5 Å². The van der Waals surface area contributed by atoms with Crippen molar-refractivity contribution >= 4 is 44.1 Å². The number of para-hydroxylation sites is 2. The third-order valence-corrected chi connectivity index (χ3v) is 6.80. The molecule has 162 valence electrons. The molecule has 0 fully saturated rings. The van der Waals surface area contributed by atoms with Crippen molar-refractivity contribution in [3.8, 4) is 21.8 Å². The third kappa shape index (κ3) is 3.83. The number of carbonyl (C=O) groups is 1. The zero-order valence-electron chi connectivity index (χ0n) is 18.1. The van der Waals surface area contributed by atoms with Gasteiger partial charge in [0.25, 0.3) is 5.91 Å². The van der Waals surface area contributed by atoms with Crippen molar-refractivity contribution in [2.45, 2.75) is 0 Å². The van der Waals surface area contributed by atoms with Crippen LogP contribution in [0.2, 0.25) is 0 Å². The van der Waals surface area contributed by atoms with E-state index in [0.717, 1.165) is 48.6 Å². The number of carbonyl (C=O) groups excluding carboxylic acids is 1. The highest BCUT2D eigenvalue weighted by Gasteiger charge is 2.14. The van der Waals surface area contributed by atoms with Crippen LogP contribution >= 0.6 is 11.3 Å². The molecule has 34 heavy (non-hydrogen) atoms. The van der Waals surface area contributed by atoms with Gasteiger partial charge in [0.1, 0.15) is 5.01 Å². The number of aromatic nitrogens is 2. The Bertz CT molecular complexity index is 1610. The highest BCUT2D eigenvalue weighted by molar-refractivity contribution is 7.21. The second kappa shape index (κ2) is 8.54. The first-order valence-electron chi connectivity index (χ1n) is 11.0. The number of amides is 1. The fourth-order valence-corrected chi connectivity index (χ4v) is 4.98. The lowest BCUT2D eigenvalue weighted by Gasteiger charge is -2.11. The van der Waals surface area contributed by atoms with Crippen molar-refractivity contribution in [1.29, 1.82) is 0 Å². The SMILES string of the molecule is O=C(Nc1ccc(-c2nc3ccccc3s2)cc1)c1cc(-c2ccccc2)nc2ccccc12. The lowest BCUT2D eigenvalue weighted by atomic mass is 10.0. The number of fused-ring (bicyclic) bond motifs is 2. The molecule has 0 radical (unpaired) electrons. The van der Waals surface area contributed by atoms with Crippen LogP contribution in [0.15, 0.2) is 109 Å². The molecule has 6 rings (SSSR count). The molecule has 0 unspecified atom stereocenters. The number of hydrogen-bond acceptors (Lipinski definition) is 4. The highest BCUT2D eigenvalue weighted by atomic mass is 32.1. The Hall–Kier alpha value is -4.35. The molecular formula is C29H19N3OS. The summed E-state index contributed by atoms with van der Waals surface area (Å²) in [5.74, 6) is -0.163. The fourth-order valence-electron chi connectivity index (χ4n) is 4.01. The summed E-state index contributed by atoms with van der Waals surface area (Å²) in [6.45, 7) is 0. The molecule has 4 aromatic carbocycles. The van der Waals surface area contributed by atoms with Crippen molar-refractivity contribution in [1.82, 2.24) is 9.97 Å².